The van der Waals surface area contributed by atoms with E-state index in [9.17, 15) is 19.8 Å². The molecule has 39 heavy (non-hydrogen) atoms. The first-order chi connectivity index (χ1) is 19.0. The number of likely N-dealkylation sites (tertiary alicyclic amines) is 1. The van der Waals surface area contributed by atoms with Gasteiger partial charge >= 0.3 is 5.97 Å². The van der Waals surface area contributed by atoms with E-state index in [2.05, 4.69) is 10.2 Å². The van der Waals surface area contributed by atoms with Gasteiger partial charge in [-0.2, -0.15) is 0 Å². The molecule has 0 bridgehead atoms. The van der Waals surface area contributed by atoms with E-state index in [0.717, 1.165) is 42.6 Å². The highest BCUT2D eigenvalue weighted by molar-refractivity contribution is 6.17. The van der Waals surface area contributed by atoms with Gasteiger partial charge < -0.3 is 15.5 Å². The van der Waals surface area contributed by atoms with Crippen molar-refractivity contribution in [3.63, 3.8) is 0 Å². The van der Waals surface area contributed by atoms with Gasteiger partial charge in [-0.15, -0.1) is 0 Å². The standard InChI is InChI=1S/C32H37N3O4/c1-23-11-10-14-25(21-23)26(17-20-36)31(32(38)39)34-30(24-12-4-2-5-13-24)27-15-6-7-16-28(27)33-29(37)22-35-18-8-3-9-19-35/h2,4-7,10-16,21,26,31,36H,3,8-9,17-20,22H2,1H3,(H,33,37)(H,38,39)/t26-,31+/m0/s1. The van der Waals surface area contributed by atoms with Gasteiger partial charge in [-0.25, -0.2) is 4.79 Å². The van der Waals surface area contributed by atoms with Crippen LogP contribution in [0.5, 0.6) is 0 Å². The Morgan fingerprint density at radius 1 is 0.949 bits per heavy atom. The summed E-state index contributed by atoms with van der Waals surface area (Å²) in [6.45, 7) is 3.93. The number of hydrogen-bond acceptors (Lipinski definition) is 5. The number of anilines is 1. The zero-order valence-electron chi connectivity index (χ0n) is 22.4. The van der Waals surface area contributed by atoms with Gasteiger partial charge in [0.2, 0.25) is 5.91 Å². The van der Waals surface area contributed by atoms with E-state index >= 15 is 0 Å². The van der Waals surface area contributed by atoms with E-state index in [0.29, 0.717) is 23.5 Å². The number of rotatable bonds is 11. The highest BCUT2D eigenvalue weighted by atomic mass is 16.4. The maximum Gasteiger partial charge on any atom is 0.329 e. The predicted molar refractivity (Wildman–Crippen MR) is 154 cm³/mol. The Morgan fingerprint density at radius 3 is 2.36 bits per heavy atom. The molecule has 3 aromatic rings. The Balaban J connectivity index is 1.75. The summed E-state index contributed by atoms with van der Waals surface area (Å²) in [4.78, 5) is 32.7. The molecule has 2 atom stereocenters. The molecule has 3 aromatic carbocycles. The molecule has 0 saturated carbocycles. The van der Waals surface area contributed by atoms with Gasteiger partial charge in [-0.3, -0.25) is 14.7 Å². The monoisotopic (exact) mass is 527 g/mol. The Kier molecular flexibility index (Phi) is 10.00. The van der Waals surface area contributed by atoms with E-state index in [1.54, 1.807) is 0 Å². The van der Waals surface area contributed by atoms with E-state index < -0.39 is 17.9 Å². The maximum absolute atomic E-state index is 13.0. The average Bonchev–Trinajstić information content (AvgIpc) is 2.94. The van der Waals surface area contributed by atoms with Crippen LogP contribution in [0.15, 0.2) is 83.9 Å². The topological polar surface area (TPSA) is 102 Å². The zero-order chi connectivity index (χ0) is 27.6. The molecule has 204 valence electrons. The fourth-order valence-corrected chi connectivity index (χ4v) is 5.21. The number of nitrogens with one attached hydrogen (secondary N) is 1. The molecule has 1 aliphatic rings. The predicted octanol–water partition coefficient (Wildman–Crippen LogP) is 4.88. The molecule has 0 spiro atoms. The number of para-hydroxylation sites is 1. The van der Waals surface area contributed by atoms with Crippen molar-refractivity contribution in [2.75, 3.05) is 31.6 Å². The first-order valence-electron chi connectivity index (χ1n) is 13.6. The van der Waals surface area contributed by atoms with Crippen molar-refractivity contribution in [2.24, 2.45) is 4.99 Å². The Labute approximate surface area is 230 Å². The van der Waals surface area contributed by atoms with Gasteiger partial charge in [0.1, 0.15) is 0 Å². The van der Waals surface area contributed by atoms with Gasteiger partial charge in [0.25, 0.3) is 0 Å². The Morgan fingerprint density at radius 2 is 1.67 bits per heavy atom. The number of piperidine rings is 1. The first-order valence-corrected chi connectivity index (χ1v) is 13.6. The number of hydrogen-bond donors (Lipinski definition) is 3. The summed E-state index contributed by atoms with van der Waals surface area (Å²) >= 11 is 0. The minimum Gasteiger partial charge on any atom is -0.480 e. The van der Waals surface area contributed by atoms with Gasteiger partial charge in [0, 0.05) is 23.7 Å². The van der Waals surface area contributed by atoms with Crippen molar-refractivity contribution in [3.8, 4) is 0 Å². The van der Waals surface area contributed by atoms with Crippen LogP contribution in [-0.2, 0) is 9.59 Å². The lowest BCUT2D eigenvalue weighted by atomic mass is 9.87. The summed E-state index contributed by atoms with van der Waals surface area (Å²) in [5.74, 6) is -1.72. The van der Waals surface area contributed by atoms with Crippen molar-refractivity contribution in [1.82, 2.24) is 4.90 Å². The van der Waals surface area contributed by atoms with Crippen molar-refractivity contribution >= 4 is 23.3 Å². The van der Waals surface area contributed by atoms with E-state index in [-0.39, 0.29) is 18.9 Å². The summed E-state index contributed by atoms with van der Waals surface area (Å²) < 4.78 is 0. The number of benzene rings is 3. The maximum atomic E-state index is 13.0. The molecule has 7 nitrogen and oxygen atoms in total. The smallest absolute Gasteiger partial charge is 0.329 e. The molecule has 3 N–H and O–H groups in total. The van der Waals surface area contributed by atoms with Crippen molar-refractivity contribution in [2.45, 2.75) is 44.6 Å². The number of aryl methyl sites for hydroxylation is 1. The molecule has 0 aromatic heterocycles. The largest absolute Gasteiger partial charge is 0.480 e. The summed E-state index contributed by atoms with van der Waals surface area (Å²) in [5.41, 5.74) is 4.28. The third-order valence-corrected chi connectivity index (χ3v) is 7.13. The van der Waals surface area contributed by atoms with Crippen LogP contribution in [-0.4, -0.2) is 65.0 Å². The molecule has 1 saturated heterocycles. The molecule has 7 heteroatoms. The number of aliphatic carboxylic acids is 1. The number of carboxylic acid groups (broad SMARTS) is 1. The van der Waals surface area contributed by atoms with Crippen LogP contribution in [0.25, 0.3) is 0 Å². The number of carbonyl (C=O) groups excluding carboxylic acids is 1. The first kappa shape index (κ1) is 28.2. The molecular weight excluding hydrogens is 490 g/mol. The molecule has 1 aliphatic heterocycles. The van der Waals surface area contributed by atoms with Crippen molar-refractivity contribution in [1.29, 1.82) is 0 Å². The van der Waals surface area contributed by atoms with E-state index in [1.807, 2.05) is 85.8 Å². The summed E-state index contributed by atoms with van der Waals surface area (Å²) in [6, 6.07) is 23.3. The fraction of sp³-hybridized carbons (Fsp3) is 0.344. The average molecular weight is 528 g/mol. The molecule has 0 aliphatic carbocycles. The quantitative estimate of drug-likeness (QED) is 0.309. The lowest BCUT2D eigenvalue weighted by Gasteiger charge is -2.26. The molecule has 0 unspecified atom stereocenters. The van der Waals surface area contributed by atoms with Crippen LogP contribution in [0.2, 0.25) is 0 Å². The second kappa shape index (κ2) is 13.8. The number of aliphatic hydroxyl groups excluding tert-OH is 1. The van der Waals surface area contributed by atoms with E-state index in [1.165, 1.54) is 6.42 Å². The number of aliphatic imine (C=N–C) groups is 1. The fourth-order valence-electron chi connectivity index (χ4n) is 5.21. The second-order valence-corrected chi connectivity index (χ2v) is 10.1. The van der Waals surface area contributed by atoms with Gasteiger partial charge in [0.15, 0.2) is 6.04 Å². The van der Waals surface area contributed by atoms with Gasteiger partial charge in [-0.05, 0) is 50.9 Å². The lowest BCUT2D eigenvalue weighted by molar-refractivity contribution is -0.139. The molecular formula is C32H37N3O4. The van der Waals surface area contributed by atoms with Gasteiger partial charge in [0.05, 0.1) is 17.9 Å². The number of carbonyl (C=O) groups is 2. The van der Waals surface area contributed by atoms with Crippen molar-refractivity contribution in [3.05, 3.63) is 101 Å². The van der Waals surface area contributed by atoms with Crippen LogP contribution in [0.1, 0.15) is 53.9 Å². The third kappa shape index (κ3) is 7.62. The summed E-state index contributed by atoms with van der Waals surface area (Å²) in [7, 11) is 0. The SMILES string of the molecule is Cc1cccc([C@H](CCO)[C@@H](N=C(c2ccccc2)c2ccccc2NC(=O)CN2CCCCC2)C(=O)O)c1. The molecule has 4 rings (SSSR count). The van der Waals surface area contributed by atoms with E-state index in [4.69, 9.17) is 4.99 Å². The molecule has 1 heterocycles. The van der Waals surface area contributed by atoms with Crippen LogP contribution < -0.4 is 5.32 Å². The lowest BCUT2D eigenvalue weighted by Crippen LogP contribution is -2.37. The normalized spacial score (nSPS) is 15.9. The molecule has 1 amide bonds. The van der Waals surface area contributed by atoms with Crippen LogP contribution in [0.4, 0.5) is 5.69 Å². The molecule has 1 fully saturated rings. The number of aliphatic hydroxyl groups is 1. The van der Waals surface area contributed by atoms with Crippen LogP contribution >= 0.6 is 0 Å². The second-order valence-electron chi connectivity index (χ2n) is 10.1. The van der Waals surface area contributed by atoms with Gasteiger partial charge in [-0.1, -0.05) is 84.8 Å². The van der Waals surface area contributed by atoms with Crippen LogP contribution in [0.3, 0.4) is 0 Å². The molecule has 0 radical (unpaired) electrons. The van der Waals surface area contributed by atoms with Crippen molar-refractivity contribution < 1.29 is 19.8 Å². The summed E-state index contributed by atoms with van der Waals surface area (Å²) in [5, 5.41) is 23.3. The number of carboxylic acids is 1. The number of amides is 1. The minimum atomic E-state index is -1.15. The highest BCUT2D eigenvalue weighted by Gasteiger charge is 2.30. The minimum absolute atomic E-state index is 0.107. The highest BCUT2D eigenvalue weighted by Crippen LogP contribution is 2.29. The summed E-state index contributed by atoms with van der Waals surface area (Å²) in [6.07, 6.45) is 3.64. The zero-order valence-corrected chi connectivity index (χ0v) is 22.4. The number of nitrogens with zero attached hydrogens (tertiary/aromatic N) is 2. The Bertz CT molecular complexity index is 1290. The third-order valence-electron chi connectivity index (χ3n) is 7.13. The van der Waals surface area contributed by atoms with Crippen LogP contribution in [0, 0.1) is 6.92 Å². The Hall–Kier alpha value is -3.81.